The van der Waals surface area contributed by atoms with Crippen molar-refractivity contribution in [2.75, 3.05) is 12.4 Å². The van der Waals surface area contributed by atoms with E-state index in [-0.39, 0.29) is 23.3 Å². The summed E-state index contributed by atoms with van der Waals surface area (Å²) in [5.41, 5.74) is 3.75. The second kappa shape index (κ2) is 12.0. The van der Waals surface area contributed by atoms with E-state index in [0.29, 0.717) is 63.9 Å². The van der Waals surface area contributed by atoms with Crippen LogP contribution >= 0.6 is 11.6 Å². The molecular weight excluding hydrogens is 558 g/mol. The highest BCUT2D eigenvalue weighted by molar-refractivity contribution is 6.31. The van der Waals surface area contributed by atoms with E-state index >= 15 is 0 Å². The van der Waals surface area contributed by atoms with Gasteiger partial charge in [0.15, 0.2) is 0 Å². The molecule has 42 heavy (non-hydrogen) atoms. The summed E-state index contributed by atoms with van der Waals surface area (Å²) in [5, 5.41) is 25.0. The molecule has 0 saturated heterocycles. The van der Waals surface area contributed by atoms with Crippen molar-refractivity contribution in [2.24, 2.45) is 18.0 Å². The maximum absolute atomic E-state index is 13.7. The van der Waals surface area contributed by atoms with E-state index in [9.17, 15) is 14.7 Å². The highest BCUT2D eigenvalue weighted by Crippen LogP contribution is 2.30. The third kappa shape index (κ3) is 5.66. The van der Waals surface area contributed by atoms with Gasteiger partial charge in [0.1, 0.15) is 0 Å². The largest absolute Gasteiger partial charge is 0.491 e. The Morgan fingerprint density at radius 2 is 2.05 bits per heavy atom. The number of aromatic nitrogens is 7. The summed E-state index contributed by atoms with van der Waals surface area (Å²) in [6.45, 7) is 5.86. The summed E-state index contributed by atoms with van der Waals surface area (Å²) < 4.78 is 4.60. The van der Waals surface area contributed by atoms with E-state index in [1.807, 2.05) is 13.0 Å². The third-order valence-corrected chi connectivity index (χ3v) is 7.52. The number of rotatable bonds is 4. The topological polar surface area (TPSA) is 145 Å². The summed E-state index contributed by atoms with van der Waals surface area (Å²) in [5.74, 6) is -0.605. The number of carbonyl (C=O) groups excluding carboxylic acids is 1. The van der Waals surface area contributed by atoms with Gasteiger partial charge in [-0.05, 0) is 37.1 Å². The van der Waals surface area contributed by atoms with Crippen molar-refractivity contribution in [2.45, 2.75) is 32.2 Å². The molecule has 1 amide bonds. The molecule has 0 saturated carbocycles. The predicted octanol–water partition coefficient (Wildman–Crippen LogP) is 4.22. The van der Waals surface area contributed by atoms with Crippen LogP contribution in [0.25, 0.3) is 22.5 Å². The summed E-state index contributed by atoms with van der Waals surface area (Å²) in [4.78, 5) is 35.8. The molecule has 0 spiro atoms. The minimum atomic E-state index is -0.462. The van der Waals surface area contributed by atoms with Crippen molar-refractivity contribution in [3.05, 3.63) is 82.8 Å². The highest BCUT2D eigenvalue weighted by Gasteiger charge is 2.24. The fraction of sp³-hybridized carbons (Fsp3) is 0.276. The molecular formula is C29H30ClN9O3. The third-order valence-electron chi connectivity index (χ3n) is 7.29. The number of aryl methyl sites for hydroxylation is 1. The van der Waals surface area contributed by atoms with Crippen molar-refractivity contribution in [1.29, 1.82) is 0 Å². The molecule has 13 heteroatoms. The average molecular weight is 588 g/mol. The maximum atomic E-state index is 13.7. The maximum Gasteiger partial charge on any atom is 0.254 e. The van der Waals surface area contributed by atoms with Crippen LogP contribution in [0.4, 0.5) is 5.69 Å². The Kier molecular flexibility index (Phi) is 8.16. The fourth-order valence-corrected chi connectivity index (χ4v) is 5.25. The zero-order valence-electron chi connectivity index (χ0n) is 23.4. The lowest BCUT2D eigenvalue weighted by Gasteiger charge is -2.23. The van der Waals surface area contributed by atoms with E-state index < -0.39 is 6.04 Å². The SMILES string of the molecule is C=C/C1=C\C(=N/C)[C@@H](n2cnc(-c3cc(Cl)ccc3-n3cc(O)nn3)cc2=O)CCC[C@@H](C)C(=O)Nc2cnn(C)c21. The number of halogens is 1. The smallest absolute Gasteiger partial charge is 0.254 e. The van der Waals surface area contributed by atoms with Gasteiger partial charge in [0.25, 0.3) is 11.4 Å². The van der Waals surface area contributed by atoms with Gasteiger partial charge in [0, 0.05) is 42.2 Å². The predicted molar refractivity (Wildman–Crippen MR) is 161 cm³/mol. The lowest BCUT2D eigenvalue weighted by atomic mass is 9.95. The van der Waals surface area contributed by atoms with Gasteiger partial charge in [0.05, 0.1) is 53.2 Å². The molecule has 4 heterocycles. The molecule has 0 aliphatic carbocycles. The van der Waals surface area contributed by atoms with Gasteiger partial charge in [-0.15, -0.1) is 0 Å². The number of benzene rings is 1. The zero-order chi connectivity index (χ0) is 30.0. The van der Waals surface area contributed by atoms with Crippen LogP contribution in [0.15, 0.2) is 71.5 Å². The number of anilines is 1. The Balaban J connectivity index is 1.60. The van der Waals surface area contributed by atoms with Gasteiger partial charge < -0.3 is 10.4 Å². The number of allylic oxidation sites excluding steroid dienone is 3. The molecule has 0 unspecified atom stereocenters. The Morgan fingerprint density at radius 1 is 1.24 bits per heavy atom. The molecule has 2 atom stereocenters. The lowest BCUT2D eigenvalue weighted by Crippen LogP contribution is -2.30. The molecule has 1 aromatic carbocycles. The quantitative estimate of drug-likeness (QED) is 0.363. The average Bonchev–Trinajstić information content (AvgIpc) is 3.56. The molecule has 0 fully saturated rings. The van der Waals surface area contributed by atoms with Crippen LogP contribution in [-0.4, -0.2) is 58.1 Å². The number of hydrogen-bond donors (Lipinski definition) is 2. The number of carbonyl (C=O) groups is 1. The summed E-state index contributed by atoms with van der Waals surface area (Å²) >= 11 is 6.29. The van der Waals surface area contributed by atoms with Crippen LogP contribution in [0, 0.1) is 5.92 Å². The fourth-order valence-electron chi connectivity index (χ4n) is 5.08. The molecule has 4 aromatic rings. The van der Waals surface area contributed by atoms with E-state index in [0.717, 1.165) is 0 Å². The van der Waals surface area contributed by atoms with Crippen molar-refractivity contribution in [1.82, 2.24) is 34.3 Å². The number of fused-ring (bicyclic) bond motifs is 1. The monoisotopic (exact) mass is 587 g/mol. The second-order valence-corrected chi connectivity index (χ2v) is 10.5. The first kappa shape index (κ1) is 28.7. The molecule has 216 valence electrons. The Labute approximate surface area is 246 Å². The first-order chi connectivity index (χ1) is 20.2. The van der Waals surface area contributed by atoms with Crippen LogP contribution in [0.5, 0.6) is 5.88 Å². The van der Waals surface area contributed by atoms with E-state index in [2.05, 4.69) is 37.3 Å². The minimum Gasteiger partial charge on any atom is -0.491 e. The molecule has 12 nitrogen and oxygen atoms in total. The summed E-state index contributed by atoms with van der Waals surface area (Å²) in [7, 11) is 3.47. The first-order valence-corrected chi connectivity index (χ1v) is 13.7. The Bertz CT molecular complexity index is 1780. The van der Waals surface area contributed by atoms with Crippen LogP contribution in [0.2, 0.25) is 5.02 Å². The van der Waals surface area contributed by atoms with Crippen molar-refractivity contribution < 1.29 is 9.90 Å². The van der Waals surface area contributed by atoms with Crippen molar-refractivity contribution >= 4 is 34.5 Å². The van der Waals surface area contributed by atoms with Crippen LogP contribution in [0.1, 0.15) is 37.9 Å². The highest BCUT2D eigenvalue weighted by atomic mass is 35.5. The second-order valence-electron chi connectivity index (χ2n) is 10.0. The standard InChI is InChI=1S/C29H30ClN9O3/c1-5-18-11-22(31-3)25(8-6-7-17(2)29(42)34-23-14-33-37(4)28(18)23)38-16-32-21(13-27(38)41)20-12-19(30)9-10-24(20)39-15-26(40)35-36-39/h5,9-17,25,40H,1,6-8H2,2-4H3,(H,34,42)/b18-11+,31-22+/t17-,25+/m1/s1. The Hall–Kier alpha value is -4.84. The first-order valence-electron chi connectivity index (χ1n) is 13.3. The van der Waals surface area contributed by atoms with Crippen LogP contribution in [-0.2, 0) is 11.8 Å². The van der Waals surface area contributed by atoms with Gasteiger partial charge in [-0.2, -0.15) is 5.10 Å². The number of nitrogens with zero attached hydrogens (tertiary/aromatic N) is 8. The molecule has 1 aliphatic heterocycles. The molecule has 5 rings (SSSR count). The number of hydrogen-bond acceptors (Lipinski definition) is 8. The van der Waals surface area contributed by atoms with Crippen molar-refractivity contribution in [3.63, 3.8) is 0 Å². The number of aromatic hydroxyl groups is 1. The summed E-state index contributed by atoms with van der Waals surface area (Å²) in [6.07, 6.45) is 9.82. The van der Waals surface area contributed by atoms with Gasteiger partial charge in [0.2, 0.25) is 5.91 Å². The van der Waals surface area contributed by atoms with Crippen LogP contribution in [0.3, 0.4) is 0 Å². The Morgan fingerprint density at radius 3 is 2.74 bits per heavy atom. The zero-order valence-corrected chi connectivity index (χ0v) is 24.2. The van der Waals surface area contributed by atoms with Crippen LogP contribution < -0.4 is 10.9 Å². The van der Waals surface area contributed by atoms with E-state index in [4.69, 9.17) is 11.6 Å². The van der Waals surface area contributed by atoms with Gasteiger partial charge in [-0.25, -0.2) is 9.67 Å². The number of nitrogens with one attached hydrogen (secondary N) is 1. The van der Waals surface area contributed by atoms with E-state index in [1.54, 1.807) is 53.8 Å². The minimum absolute atomic E-state index is 0.101. The summed E-state index contributed by atoms with van der Waals surface area (Å²) in [6, 6.07) is 6.03. The van der Waals surface area contributed by atoms with Gasteiger partial charge >= 0.3 is 0 Å². The van der Waals surface area contributed by atoms with E-state index in [1.165, 1.54) is 23.3 Å². The van der Waals surface area contributed by atoms with Gasteiger partial charge in [-0.1, -0.05) is 47.9 Å². The van der Waals surface area contributed by atoms with Gasteiger partial charge in [-0.3, -0.25) is 23.8 Å². The molecule has 2 N–H and O–H groups in total. The molecule has 1 aliphatic rings. The molecule has 0 radical (unpaired) electrons. The number of aliphatic imine (C=N–C) groups is 1. The molecule has 3 aromatic heterocycles. The lowest BCUT2D eigenvalue weighted by molar-refractivity contribution is -0.119. The molecule has 0 bridgehead atoms. The van der Waals surface area contributed by atoms with Crippen molar-refractivity contribution in [3.8, 4) is 22.8 Å². The number of amides is 1. The normalized spacial score (nSPS) is 20.1.